The molecule has 0 atom stereocenters. The highest BCUT2D eigenvalue weighted by molar-refractivity contribution is 14.1. The van der Waals surface area contributed by atoms with Crippen molar-refractivity contribution in [2.75, 3.05) is 11.5 Å². The van der Waals surface area contributed by atoms with Gasteiger partial charge in [-0.1, -0.05) is 35.4 Å². The molecular formula is C9H15IO2. The van der Waals surface area contributed by atoms with Crippen molar-refractivity contribution in [1.82, 2.24) is 0 Å². The fraction of sp³-hybridized carbons (Fsp3) is 0.889. The lowest BCUT2D eigenvalue weighted by atomic mass is 9.84. The van der Waals surface area contributed by atoms with Crippen LogP contribution in [0.15, 0.2) is 0 Å². The van der Waals surface area contributed by atoms with Gasteiger partial charge in [-0.05, 0) is 19.3 Å². The maximum atomic E-state index is 11.5. The number of carbonyl (C=O) groups excluding carboxylic acids is 1. The van der Waals surface area contributed by atoms with E-state index in [0.717, 1.165) is 23.7 Å². The van der Waals surface area contributed by atoms with E-state index in [2.05, 4.69) is 22.6 Å². The van der Waals surface area contributed by atoms with Gasteiger partial charge < -0.3 is 4.74 Å². The van der Waals surface area contributed by atoms with Crippen molar-refractivity contribution in [2.24, 2.45) is 5.41 Å². The number of ether oxygens (including phenoxy) is 1. The van der Waals surface area contributed by atoms with Gasteiger partial charge in [0.05, 0.1) is 12.5 Å². The molecule has 0 aliphatic heterocycles. The average molecular weight is 282 g/mol. The standard InChI is InChI=1S/C9H15IO2/c1-12-8(11)9(6-7-10)4-2-3-5-9/h2-7H2,1H3. The average Bonchev–Trinajstić information content (AvgIpc) is 2.53. The van der Waals surface area contributed by atoms with Gasteiger partial charge in [-0.15, -0.1) is 0 Å². The molecule has 0 radical (unpaired) electrons. The molecular weight excluding hydrogens is 267 g/mol. The monoisotopic (exact) mass is 282 g/mol. The molecule has 0 unspecified atom stereocenters. The summed E-state index contributed by atoms with van der Waals surface area (Å²) in [6.07, 6.45) is 5.42. The van der Waals surface area contributed by atoms with Crippen molar-refractivity contribution >= 4 is 28.6 Å². The molecule has 1 aliphatic rings. The zero-order chi connectivity index (χ0) is 9.03. The lowest BCUT2D eigenvalue weighted by molar-refractivity contribution is -0.152. The molecule has 70 valence electrons. The molecule has 0 amide bonds. The lowest BCUT2D eigenvalue weighted by Gasteiger charge is -2.24. The van der Waals surface area contributed by atoms with Crippen LogP contribution in [-0.2, 0) is 9.53 Å². The smallest absolute Gasteiger partial charge is 0.311 e. The molecule has 2 nitrogen and oxygen atoms in total. The van der Waals surface area contributed by atoms with E-state index >= 15 is 0 Å². The summed E-state index contributed by atoms with van der Waals surface area (Å²) in [6.45, 7) is 0. The second-order valence-corrected chi connectivity index (χ2v) is 4.50. The number of methoxy groups -OCH3 is 1. The van der Waals surface area contributed by atoms with Gasteiger partial charge in [0, 0.05) is 4.43 Å². The fourth-order valence-corrected chi connectivity index (χ4v) is 3.04. The van der Waals surface area contributed by atoms with E-state index < -0.39 is 0 Å². The Morgan fingerprint density at radius 2 is 2.08 bits per heavy atom. The van der Waals surface area contributed by atoms with Crippen LogP contribution in [0.3, 0.4) is 0 Å². The first-order valence-electron chi connectivity index (χ1n) is 4.39. The molecule has 1 saturated carbocycles. The zero-order valence-corrected chi connectivity index (χ0v) is 9.59. The van der Waals surface area contributed by atoms with E-state index in [4.69, 9.17) is 4.74 Å². The summed E-state index contributed by atoms with van der Waals surface area (Å²) >= 11 is 2.33. The Morgan fingerprint density at radius 3 is 2.50 bits per heavy atom. The van der Waals surface area contributed by atoms with E-state index in [0.29, 0.717) is 0 Å². The maximum Gasteiger partial charge on any atom is 0.311 e. The summed E-state index contributed by atoms with van der Waals surface area (Å²) < 4.78 is 5.90. The number of hydrogen-bond donors (Lipinski definition) is 0. The van der Waals surface area contributed by atoms with Gasteiger partial charge in [0.15, 0.2) is 0 Å². The van der Waals surface area contributed by atoms with Crippen LogP contribution in [0.1, 0.15) is 32.1 Å². The predicted octanol–water partition coefficient (Wildman–Crippen LogP) is 2.54. The molecule has 0 heterocycles. The summed E-state index contributed by atoms with van der Waals surface area (Å²) in [5.41, 5.74) is -0.115. The van der Waals surface area contributed by atoms with Crippen LogP contribution in [-0.4, -0.2) is 17.5 Å². The van der Waals surface area contributed by atoms with Gasteiger partial charge in [-0.2, -0.15) is 0 Å². The summed E-state index contributed by atoms with van der Waals surface area (Å²) in [4.78, 5) is 11.5. The second-order valence-electron chi connectivity index (χ2n) is 3.42. The fourth-order valence-electron chi connectivity index (χ4n) is 2.01. The van der Waals surface area contributed by atoms with Gasteiger partial charge >= 0.3 is 5.97 Å². The molecule has 1 aliphatic carbocycles. The lowest BCUT2D eigenvalue weighted by Crippen LogP contribution is -2.29. The minimum absolute atomic E-state index is 0.0108. The van der Waals surface area contributed by atoms with Crippen molar-refractivity contribution in [3.05, 3.63) is 0 Å². The van der Waals surface area contributed by atoms with Gasteiger partial charge in [0.25, 0.3) is 0 Å². The van der Waals surface area contributed by atoms with Crippen LogP contribution in [0.2, 0.25) is 0 Å². The second kappa shape index (κ2) is 4.44. The summed E-state index contributed by atoms with van der Waals surface area (Å²) in [5, 5.41) is 0. The molecule has 1 fully saturated rings. The van der Waals surface area contributed by atoms with Crippen LogP contribution < -0.4 is 0 Å². The van der Waals surface area contributed by atoms with Crippen LogP contribution in [0.5, 0.6) is 0 Å². The highest BCUT2D eigenvalue weighted by Crippen LogP contribution is 2.42. The number of carbonyl (C=O) groups is 1. The predicted molar refractivity (Wildman–Crippen MR) is 56.4 cm³/mol. The first kappa shape index (κ1) is 10.3. The summed E-state index contributed by atoms with van der Waals surface area (Å²) in [6, 6.07) is 0. The summed E-state index contributed by atoms with van der Waals surface area (Å²) in [7, 11) is 1.50. The minimum Gasteiger partial charge on any atom is -0.469 e. The van der Waals surface area contributed by atoms with Crippen LogP contribution >= 0.6 is 22.6 Å². The van der Waals surface area contributed by atoms with Crippen molar-refractivity contribution in [3.63, 3.8) is 0 Å². The van der Waals surface area contributed by atoms with E-state index in [1.54, 1.807) is 0 Å². The maximum absolute atomic E-state index is 11.5. The molecule has 0 aromatic rings. The molecule has 0 bridgehead atoms. The SMILES string of the molecule is COC(=O)C1(CCI)CCCC1. The van der Waals surface area contributed by atoms with Crippen LogP contribution in [0.25, 0.3) is 0 Å². The molecule has 0 saturated heterocycles. The highest BCUT2D eigenvalue weighted by atomic mass is 127. The first-order chi connectivity index (χ1) is 5.75. The molecule has 0 aromatic carbocycles. The van der Waals surface area contributed by atoms with Crippen molar-refractivity contribution < 1.29 is 9.53 Å². The number of hydrogen-bond acceptors (Lipinski definition) is 2. The first-order valence-corrected chi connectivity index (χ1v) is 5.92. The summed E-state index contributed by atoms with van der Waals surface area (Å²) in [5.74, 6) is 0.0108. The zero-order valence-electron chi connectivity index (χ0n) is 7.44. The molecule has 1 rings (SSSR count). The third kappa shape index (κ3) is 1.92. The Morgan fingerprint density at radius 1 is 1.50 bits per heavy atom. The highest BCUT2D eigenvalue weighted by Gasteiger charge is 2.41. The molecule has 3 heteroatoms. The number of alkyl halides is 1. The Labute approximate surface area is 87.2 Å². The van der Waals surface area contributed by atoms with E-state index in [9.17, 15) is 4.79 Å². The number of halogens is 1. The van der Waals surface area contributed by atoms with Crippen molar-refractivity contribution in [2.45, 2.75) is 32.1 Å². The molecule has 0 aromatic heterocycles. The quantitative estimate of drug-likeness (QED) is 0.452. The largest absolute Gasteiger partial charge is 0.469 e. The Hall–Kier alpha value is 0.200. The topological polar surface area (TPSA) is 26.3 Å². The normalized spacial score (nSPS) is 20.8. The molecule has 0 N–H and O–H groups in total. The molecule has 12 heavy (non-hydrogen) atoms. The van der Waals surface area contributed by atoms with Crippen molar-refractivity contribution in [3.8, 4) is 0 Å². The van der Waals surface area contributed by atoms with Gasteiger partial charge in [-0.25, -0.2) is 0 Å². The van der Waals surface area contributed by atoms with E-state index in [-0.39, 0.29) is 11.4 Å². The number of esters is 1. The van der Waals surface area contributed by atoms with E-state index in [1.165, 1.54) is 20.0 Å². The Bertz CT molecular complexity index is 162. The molecule has 0 spiro atoms. The van der Waals surface area contributed by atoms with Gasteiger partial charge in [-0.3, -0.25) is 4.79 Å². The van der Waals surface area contributed by atoms with Gasteiger partial charge in [0.1, 0.15) is 0 Å². The Kier molecular flexibility index (Phi) is 3.80. The van der Waals surface area contributed by atoms with Gasteiger partial charge in [0.2, 0.25) is 0 Å². The minimum atomic E-state index is -0.115. The van der Waals surface area contributed by atoms with E-state index in [1.807, 2.05) is 0 Å². The van der Waals surface area contributed by atoms with Crippen LogP contribution in [0, 0.1) is 5.41 Å². The van der Waals surface area contributed by atoms with Crippen LogP contribution in [0.4, 0.5) is 0 Å². The Balaban J connectivity index is 2.64. The number of rotatable bonds is 3. The third-order valence-electron chi connectivity index (χ3n) is 2.75. The third-order valence-corrected chi connectivity index (χ3v) is 3.29. The van der Waals surface area contributed by atoms with Crippen molar-refractivity contribution in [1.29, 1.82) is 0 Å².